The molecule has 0 unspecified atom stereocenters. The number of aryl methyl sites for hydroxylation is 1. The van der Waals surface area contributed by atoms with Gasteiger partial charge in [0.05, 0.1) is 12.7 Å². The molecule has 0 aromatic heterocycles. The second-order valence-electron chi connectivity index (χ2n) is 5.55. The topological polar surface area (TPSA) is 32.7 Å². The molecule has 19 heavy (non-hydrogen) atoms. The molecule has 0 bridgehead atoms. The summed E-state index contributed by atoms with van der Waals surface area (Å²) in [6.45, 7) is 6.55. The van der Waals surface area contributed by atoms with Gasteiger partial charge < -0.3 is 9.84 Å². The van der Waals surface area contributed by atoms with Crippen LogP contribution in [-0.4, -0.2) is 42.9 Å². The van der Waals surface area contributed by atoms with Gasteiger partial charge in [0, 0.05) is 19.7 Å². The lowest BCUT2D eigenvalue weighted by Crippen LogP contribution is -2.34. The summed E-state index contributed by atoms with van der Waals surface area (Å²) >= 11 is 0. The molecular weight excluding hydrogens is 238 g/mol. The molecule has 106 valence electrons. The van der Waals surface area contributed by atoms with Crippen molar-refractivity contribution < 1.29 is 9.84 Å². The van der Waals surface area contributed by atoms with Crippen molar-refractivity contribution in [1.82, 2.24) is 4.90 Å². The predicted molar refractivity (Wildman–Crippen MR) is 77.3 cm³/mol. The Bertz CT molecular complexity index is 419. The fourth-order valence-electron chi connectivity index (χ4n) is 3.05. The van der Waals surface area contributed by atoms with Gasteiger partial charge in [0.15, 0.2) is 0 Å². The van der Waals surface area contributed by atoms with Gasteiger partial charge in [-0.2, -0.15) is 0 Å². The van der Waals surface area contributed by atoms with Crippen LogP contribution >= 0.6 is 0 Å². The number of nitrogens with zero attached hydrogens (tertiary/aromatic N) is 1. The number of likely N-dealkylation sites (tertiary alicyclic amines) is 1. The maximum Gasteiger partial charge on any atom is 0.0900 e. The average molecular weight is 263 g/mol. The Balaban J connectivity index is 2.12. The van der Waals surface area contributed by atoms with Crippen LogP contribution in [0.4, 0.5) is 0 Å². The number of hydrogen-bond acceptors (Lipinski definition) is 3. The van der Waals surface area contributed by atoms with Gasteiger partial charge in [-0.25, -0.2) is 0 Å². The van der Waals surface area contributed by atoms with E-state index in [9.17, 15) is 5.11 Å². The molecule has 0 amide bonds. The molecule has 0 saturated carbocycles. The minimum Gasteiger partial charge on any atom is -0.389 e. The second-order valence-corrected chi connectivity index (χ2v) is 5.55. The van der Waals surface area contributed by atoms with E-state index in [2.05, 4.69) is 36.9 Å². The summed E-state index contributed by atoms with van der Waals surface area (Å²) in [6.07, 6.45) is 2.00. The van der Waals surface area contributed by atoms with Gasteiger partial charge in [0.2, 0.25) is 0 Å². The quantitative estimate of drug-likeness (QED) is 0.885. The molecule has 1 aliphatic heterocycles. The fourth-order valence-corrected chi connectivity index (χ4v) is 3.05. The van der Waals surface area contributed by atoms with Crippen LogP contribution in [0.3, 0.4) is 0 Å². The van der Waals surface area contributed by atoms with E-state index in [1.165, 1.54) is 29.5 Å². The molecule has 1 aromatic rings. The third-order valence-corrected chi connectivity index (χ3v) is 4.17. The van der Waals surface area contributed by atoms with Gasteiger partial charge in [0.1, 0.15) is 0 Å². The summed E-state index contributed by atoms with van der Waals surface area (Å²) in [6, 6.07) is 6.98. The van der Waals surface area contributed by atoms with E-state index in [4.69, 9.17) is 4.74 Å². The molecule has 0 spiro atoms. The van der Waals surface area contributed by atoms with Gasteiger partial charge in [0.25, 0.3) is 0 Å². The van der Waals surface area contributed by atoms with Crippen molar-refractivity contribution in [3.63, 3.8) is 0 Å². The summed E-state index contributed by atoms with van der Waals surface area (Å²) in [5.74, 6) is 0. The van der Waals surface area contributed by atoms with Gasteiger partial charge in [-0.05, 0) is 49.9 Å². The number of methoxy groups -OCH3 is 1. The Labute approximate surface area is 116 Å². The minimum atomic E-state index is -0.393. The third-order valence-electron chi connectivity index (χ3n) is 4.17. The van der Waals surface area contributed by atoms with E-state index in [1.54, 1.807) is 7.11 Å². The monoisotopic (exact) mass is 263 g/mol. The Hall–Kier alpha value is -0.900. The van der Waals surface area contributed by atoms with Crippen LogP contribution < -0.4 is 0 Å². The van der Waals surface area contributed by atoms with E-state index in [-0.39, 0.29) is 0 Å². The number of ether oxygens (including phenoxy) is 1. The number of β-amino-alcohol motifs (C(OH)–C–C–N with tert-alkyl or cyclic N) is 1. The zero-order chi connectivity index (χ0) is 13.8. The summed E-state index contributed by atoms with van der Waals surface area (Å²) in [4.78, 5) is 2.39. The number of benzene rings is 1. The molecule has 1 aliphatic rings. The van der Waals surface area contributed by atoms with Crippen LogP contribution in [0.2, 0.25) is 0 Å². The van der Waals surface area contributed by atoms with Crippen LogP contribution in [-0.2, 0) is 4.74 Å². The van der Waals surface area contributed by atoms with Crippen molar-refractivity contribution >= 4 is 0 Å². The van der Waals surface area contributed by atoms with Crippen LogP contribution in [0.1, 0.15) is 35.6 Å². The lowest BCUT2D eigenvalue weighted by molar-refractivity contribution is 0.0345. The molecule has 1 N–H and O–H groups in total. The van der Waals surface area contributed by atoms with Crippen molar-refractivity contribution in [2.24, 2.45) is 0 Å². The largest absolute Gasteiger partial charge is 0.389 e. The van der Waals surface area contributed by atoms with Crippen LogP contribution in [0.5, 0.6) is 0 Å². The fraction of sp³-hybridized carbons (Fsp3) is 0.625. The molecular formula is C16H25NO2. The zero-order valence-corrected chi connectivity index (χ0v) is 12.2. The summed E-state index contributed by atoms with van der Waals surface area (Å²) in [5.41, 5.74) is 4.16. The smallest absolute Gasteiger partial charge is 0.0900 e. The average Bonchev–Trinajstić information content (AvgIpc) is 2.81. The first kappa shape index (κ1) is 14.5. The van der Waals surface area contributed by atoms with Crippen molar-refractivity contribution in [3.8, 4) is 0 Å². The molecule has 3 heteroatoms. The molecule has 0 radical (unpaired) electrons. The first-order chi connectivity index (χ1) is 9.13. The second kappa shape index (κ2) is 6.51. The highest BCUT2D eigenvalue weighted by Crippen LogP contribution is 2.34. The van der Waals surface area contributed by atoms with Crippen LogP contribution in [0.25, 0.3) is 0 Å². The Morgan fingerprint density at radius 2 is 2.21 bits per heavy atom. The van der Waals surface area contributed by atoms with Crippen molar-refractivity contribution in [1.29, 1.82) is 0 Å². The van der Waals surface area contributed by atoms with E-state index in [0.29, 0.717) is 19.2 Å². The van der Waals surface area contributed by atoms with Gasteiger partial charge in [-0.1, -0.05) is 18.2 Å². The van der Waals surface area contributed by atoms with E-state index in [1.807, 2.05) is 0 Å². The molecule has 2 rings (SSSR count). The molecule has 2 atom stereocenters. The SMILES string of the molecule is COC[C@H](O)CN1CCC[C@H]1c1cccc(C)c1C. The highest BCUT2D eigenvalue weighted by atomic mass is 16.5. The molecule has 1 fully saturated rings. The number of hydrogen-bond donors (Lipinski definition) is 1. The number of aliphatic hydroxyl groups excluding tert-OH is 1. The van der Waals surface area contributed by atoms with Crippen molar-refractivity contribution in [3.05, 3.63) is 34.9 Å². The molecule has 1 heterocycles. The Morgan fingerprint density at radius 1 is 1.42 bits per heavy atom. The predicted octanol–water partition coefficient (Wildman–Crippen LogP) is 2.45. The standard InChI is InChI=1S/C16H25NO2/c1-12-6-4-7-15(13(12)2)16-8-5-9-17(16)10-14(18)11-19-3/h4,6-7,14,16,18H,5,8-11H2,1-3H3/t14-,16+/m1/s1. The normalized spacial score (nSPS) is 21.8. The van der Waals surface area contributed by atoms with Crippen LogP contribution in [0, 0.1) is 13.8 Å². The molecule has 0 aliphatic carbocycles. The summed E-state index contributed by atoms with van der Waals surface area (Å²) in [7, 11) is 1.63. The third kappa shape index (κ3) is 3.35. The zero-order valence-electron chi connectivity index (χ0n) is 12.2. The first-order valence-electron chi connectivity index (χ1n) is 7.10. The van der Waals surface area contributed by atoms with E-state index in [0.717, 1.165) is 6.54 Å². The van der Waals surface area contributed by atoms with E-state index < -0.39 is 6.10 Å². The highest BCUT2D eigenvalue weighted by molar-refractivity contribution is 5.35. The summed E-state index contributed by atoms with van der Waals surface area (Å²) < 4.78 is 5.02. The number of aliphatic hydroxyl groups is 1. The van der Waals surface area contributed by atoms with Crippen LogP contribution in [0.15, 0.2) is 18.2 Å². The number of rotatable bonds is 5. The summed E-state index contributed by atoms with van der Waals surface area (Å²) in [5, 5.41) is 9.93. The van der Waals surface area contributed by atoms with Crippen molar-refractivity contribution in [2.75, 3.05) is 26.8 Å². The maximum atomic E-state index is 9.93. The molecule has 1 saturated heterocycles. The van der Waals surface area contributed by atoms with Crippen molar-refractivity contribution in [2.45, 2.75) is 38.8 Å². The molecule has 1 aromatic carbocycles. The minimum absolute atomic E-state index is 0.393. The Morgan fingerprint density at radius 3 is 2.95 bits per heavy atom. The van der Waals surface area contributed by atoms with Gasteiger partial charge in [-0.3, -0.25) is 4.90 Å². The highest BCUT2D eigenvalue weighted by Gasteiger charge is 2.28. The van der Waals surface area contributed by atoms with Gasteiger partial charge >= 0.3 is 0 Å². The maximum absolute atomic E-state index is 9.93. The van der Waals surface area contributed by atoms with E-state index >= 15 is 0 Å². The Kier molecular flexibility index (Phi) is 4.97. The first-order valence-corrected chi connectivity index (χ1v) is 7.10. The molecule has 3 nitrogen and oxygen atoms in total. The lowest BCUT2D eigenvalue weighted by Gasteiger charge is -2.28. The lowest BCUT2D eigenvalue weighted by atomic mass is 9.96. The van der Waals surface area contributed by atoms with Gasteiger partial charge in [-0.15, -0.1) is 0 Å².